The highest BCUT2D eigenvalue weighted by atomic mass is 16.9. The minimum absolute atomic E-state index is 0.149. The van der Waals surface area contributed by atoms with E-state index in [-0.39, 0.29) is 18.3 Å². The van der Waals surface area contributed by atoms with Crippen molar-refractivity contribution in [2.75, 3.05) is 0 Å². The number of hydrogen-bond acceptors (Lipinski definition) is 12. The van der Waals surface area contributed by atoms with Crippen molar-refractivity contribution in [2.24, 2.45) is 10.1 Å². The van der Waals surface area contributed by atoms with Crippen LogP contribution in [0.25, 0.3) is 11.1 Å². The van der Waals surface area contributed by atoms with Gasteiger partial charge in [-0.25, -0.2) is 10.3 Å². The summed E-state index contributed by atoms with van der Waals surface area (Å²) < 4.78 is 10.6. The molecule has 1 unspecified atom stereocenters. The standard InChI is InChI=1S/C35H39N7O7/c1-3-4-11-31-36-35(20-7-8-21-35)33(43)40(31)22-25-12-16-27(17-13-25)29-9-5-6-10-30(29)32-37-39-41(38-32)24(2)48-34(44)49-28-18-14-26(15-19-28)23-47-42(45)46/h5-6,9-10,12-19,24,39H,3-4,7-8,11,20-23H2,1-2H3,(H,37,38). The molecule has 3 aliphatic rings. The maximum Gasteiger partial charge on any atom is 0.515 e. The predicted molar refractivity (Wildman–Crippen MR) is 180 cm³/mol. The summed E-state index contributed by atoms with van der Waals surface area (Å²) >= 11 is 0. The molecule has 2 aliphatic heterocycles. The van der Waals surface area contributed by atoms with E-state index in [1.165, 1.54) is 17.3 Å². The largest absolute Gasteiger partial charge is 0.515 e. The number of hydrogen-bond donors (Lipinski definition) is 2. The van der Waals surface area contributed by atoms with Gasteiger partial charge in [-0.2, -0.15) is 0 Å². The number of benzene rings is 3. The van der Waals surface area contributed by atoms with Crippen molar-refractivity contribution in [1.29, 1.82) is 0 Å². The van der Waals surface area contributed by atoms with E-state index in [0.29, 0.717) is 17.9 Å². The Kier molecular flexibility index (Phi) is 10.0. The zero-order valence-corrected chi connectivity index (χ0v) is 27.5. The maximum atomic E-state index is 13.6. The fourth-order valence-corrected chi connectivity index (χ4v) is 6.27. The molecule has 2 heterocycles. The summed E-state index contributed by atoms with van der Waals surface area (Å²) in [5.74, 6) is 1.80. The van der Waals surface area contributed by atoms with Crippen LogP contribution in [0.4, 0.5) is 4.79 Å². The molecule has 0 saturated heterocycles. The van der Waals surface area contributed by atoms with E-state index in [1.54, 1.807) is 19.1 Å². The van der Waals surface area contributed by atoms with E-state index >= 15 is 0 Å². The van der Waals surface area contributed by atoms with Crippen LogP contribution in [0.2, 0.25) is 0 Å². The highest BCUT2D eigenvalue weighted by molar-refractivity contribution is 6.08. The number of ether oxygens (including phenoxy) is 2. The summed E-state index contributed by atoms with van der Waals surface area (Å²) in [7, 11) is 0. The van der Waals surface area contributed by atoms with Crippen LogP contribution in [0.5, 0.6) is 5.75 Å². The van der Waals surface area contributed by atoms with Gasteiger partial charge in [-0.1, -0.05) is 92.0 Å². The topological polar surface area (TPSA) is 160 Å². The van der Waals surface area contributed by atoms with Gasteiger partial charge in [0.25, 0.3) is 11.0 Å². The molecular formula is C35H39N7O7. The molecule has 3 aromatic rings. The number of carbonyl (C=O) groups excluding carboxylic acids is 2. The predicted octanol–water partition coefficient (Wildman–Crippen LogP) is 5.85. The van der Waals surface area contributed by atoms with Crippen molar-refractivity contribution in [3.05, 3.63) is 99.6 Å². The number of nitrogens with one attached hydrogen (secondary N) is 2. The summed E-state index contributed by atoms with van der Waals surface area (Å²) in [6, 6.07) is 22.1. The second-order valence-electron chi connectivity index (χ2n) is 12.3. The van der Waals surface area contributed by atoms with E-state index in [9.17, 15) is 19.7 Å². The van der Waals surface area contributed by atoms with Crippen LogP contribution < -0.4 is 15.7 Å². The van der Waals surface area contributed by atoms with E-state index in [1.807, 2.05) is 41.3 Å². The zero-order chi connectivity index (χ0) is 34.4. The molecule has 1 atom stereocenters. The Hall–Kier alpha value is -5.50. The highest BCUT2D eigenvalue weighted by Gasteiger charge is 2.49. The van der Waals surface area contributed by atoms with Crippen LogP contribution in [-0.4, -0.2) is 50.6 Å². The number of amides is 1. The van der Waals surface area contributed by atoms with Gasteiger partial charge in [-0.15, -0.1) is 15.2 Å². The van der Waals surface area contributed by atoms with Gasteiger partial charge in [0.15, 0.2) is 12.1 Å². The van der Waals surface area contributed by atoms with Crippen LogP contribution in [0.15, 0.2) is 82.9 Å². The lowest BCUT2D eigenvalue weighted by Crippen LogP contribution is -2.49. The van der Waals surface area contributed by atoms with Crippen molar-refractivity contribution in [3.8, 4) is 16.9 Å². The Bertz CT molecular complexity index is 1740. The molecule has 14 heteroatoms. The van der Waals surface area contributed by atoms with Gasteiger partial charge < -0.3 is 14.3 Å². The molecule has 3 aromatic carbocycles. The fraction of sp³-hybridized carbons (Fsp3) is 0.371. The van der Waals surface area contributed by atoms with Crippen LogP contribution in [-0.2, 0) is 27.5 Å². The molecule has 0 bridgehead atoms. The highest BCUT2D eigenvalue weighted by Crippen LogP contribution is 2.40. The molecular weight excluding hydrogens is 630 g/mol. The number of hydrazine groups is 2. The molecule has 1 aliphatic carbocycles. The number of aliphatic imine (C=N–C) groups is 1. The van der Waals surface area contributed by atoms with Crippen molar-refractivity contribution >= 4 is 23.7 Å². The van der Waals surface area contributed by atoms with Gasteiger partial charge in [0, 0.05) is 12.0 Å². The summed E-state index contributed by atoms with van der Waals surface area (Å²) in [6.07, 6.45) is 4.89. The molecule has 0 aromatic heterocycles. The Labute approximate surface area is 283 Å². The monoisotopic (exact) mass is 669 g/mol. The Morgan fingerprint density at radius 1 is 1.02 bits per heavy atom. The first-order valence-electron chi connectivity index (χ1n) is 16.5. The average Bonchev–Trinajstić information content (AvgIpc) is 3.85. The molecule has 256 valence electrons. The quantitative estimate of drug-likeness (QED) is 0.0978. The Morgan fingerprint density at radius 3 is 2.41 bits per heavy atom. The average molecular weight is 670 g/mol. The fourth-order valence-electron chi connectivity index (χ4n) is 6.27. The lowest BCUT2D eigenvalue weighted by atomic mass is 9.97. The van der Waals surface area contributed by atoms with E-state index in [2.05, 4.69) is 40.0 Å². The van der Waals surface area contributed by atoms with Crippen molar-refractivity contribution in [2.45, 2.75) is 83.7 Å². The maximum absolute atomic E-state index is 13.6. The number of amidine groups is 2. The molecule has 1 fully saturated rings. The van der Waals surface area contributed by atoms with Crippen molar-refractivity contribution in [3.63, 3.8) is 0 Å². The van der Waals surface area contributed by atoms with Gasteiger partial charge in [0.1, 0.15) is 23.7 Å². The lowest BCUT2D eigenvalue weighted by Gasteiger charge is -2.23. The second-order valence-corrected chi connectivity index (χ2v) is 12.3. The van der Waals surface area contributed by atoms with Crippen LogP contribution in [0.1, 0.15) is 75.5 Å². The minimum Gasteiger partial charge on any atom is -0.411 e. The first-order valence-corrected chi connectivity index (χ1v) is 16.5. The first kappa shape index (κ1) is 33.4. The summed E-state index contributed by atoms with van der Waals surface area (Å²) in [6.45, 7) is 4.08. The Morgan fingerprint density at radius 2 is 1.71 bits per heavy atom. The molecule has 1 spiro atoms. The van der Waals surface area contributed by atoms with Gasteiger partial charge in [0.05, 0.1) is 6.54 Å². The van der Waals surface area contributed by atoms with Gasteiger partial charge >= 0.3 is 6.16 Å². The van der Waals surface area contributed by atoms with Crippen LogP contribution >= 0.6 is 0 Å². The van der Waals surface area contributed by atoms with E-state index in [4.69, 9.17) is 14.5 Å². The van der Waals surface area contributed by atoms with E-state index < -0.39 is 23.0 Å². The van der Waals surface area contributed by atoms with Crippen LogP contribution in [0, 0.1) is 10.1 Å². The molecule has 0 radical (unpaired) electrons. The normalized spacial score (nSPS) is 17.3. The van der Waals surface area contributed by atoms with Crippen molar-refractivity contribution in [1.82, 2.24) is 21.0 Å². The summed E-state index contributed by atoms with van der Waals surface area (Å²) in [5, 5.41) is 15.3. The van der Waals surface area contributed by atoms with E-state index in [0.717, 1.165) is 73.0 Å². The molecule has 2 N–H and O–H groups in total. The number of unbranched alkanes of at least 4 members (excludes halogenated alkanes) is 1. The lowest BCUT2D eigenvalue weighted by molar-refractivity contribution is -0.763. The smallest absolute Gasteiger partial charge is 0.411 e. The molecule has 14 nitrogen and oxygen atoms in total. The third-order valence-corrected chi connectivity index (χ3v) is 8.86. The third-order valence-electron chi connectivity index (χ3n) is 8.86. The number of rotatable bonds is 13. The van der Waals surface area contributed by atoms with Gasteiger partial charge in [0.2, 0.25) is 0 Å². The molecule has 1 saturated carbocycles. The first-order chi connectivity index (χ1) is 23.7. The number of nitrogens with zero attached hydrogens (tertiary/aromatic N) is 5. The minimum atomic E-state index is -0.947. The number of hydrazone groups is 1. The molecule has 6 rings (SSSR count). The second kappa shape index (κ2) is 14.7. The Balaban J connectivity index is 1.06. The van der Waals surface area contributed by atoms with Crippen molar-refractivity contribution < 1.29 is 29.0 Å². The van der Waals surface area contributed by atoms with Gasteiger partial charge in [-0.3, -0.25) is 20.1 Å². The SMILES string of the molecule is CCCCC1=NC2(CCCC2)C(=O)N1Cc1ccc(-c2ccccc2C2=NNN(C(C)OC(=O)Oc3ccc(CO[N+](=O)[O-])cc3)N2)cc1. The van der Waals surface area contributed by atoms with Gasteiger partial charge in [-0.05, 0) is 60.6 Å². The third kappa shape index (κ3) is 7.64. The number of carbonyl (C=O) groups is 2. The zero-order valence-electron chi connectivity index (χ0n) is 27.5. The summed E-state index contributed by atoms with van der Waals surface area (Å²) in [5.41, 5.74) is 9.75. The van der Waals surface area contributed by atoms with Crippen LogP contribution in [0.3, 0.4) is 0 Å². The summed E-state index contributed by atoms with van der Waals surface area (Å²) in [4.78, 5) is 47.6. The molecule has 1 amide bonds. The molecule has 49 heavy (non-hydrogen) atoms.